The zero-order valence-electron chi connectivity index (χ0n) is 9.98. The Kier molecular flexibility index (Phi) is 3.98. The summed E-state index contributed by atoms with van der Waals surface area (Å²) in [7, 11) is 1.53. The second kappa shape index (κ2) is 5.51. The van der Waals surface area contributed by atoms with Gasteiger partial charge in [-0.25, -0.2) is 4.79 Å². The van der Waals surface area contributed by atoms with Gasteiger partial charge in [-0.05, 0) is 29.8 Å². The van der Waals surface area contributed by atoms with Crippen LogP contribution in [0.15, 0.2) is 36.4 Å². The van der Waals surface area contributed by atoms with Crippen LogP contribution in [-0.4, -0.2) is 18.2 Å². The number of carbonyl (C=O) groups is 1. The van der Waals surface area contributed by atoms with Crippen LogP contribution in [0.4, 0.5) is 0 Å². The molecular formula is C14H10Cl2O3. The Morgan fingerprint density at radius 1 is 1.11 bits per heavy atom. The van der Waals surface area contributed by atoms with Gasteiger partial charge in [-0.3, -0.25) is 0 Å². The van der Waals surface area contributed by atoms with E-state index < -0.39 is 5.97 Å². The molecule has 0 aliphatic carbocycles. The quantitative estimate of drug-likeness (QED) is 0.915. The van der Waals surface area contributed by atoms with Gasteiger partial charge in [-0.1, -0.05) is 35.3 Å². The predicted octanol–water partition coefficient (Wildman–Crippen LogP) is 4.37. The van der Waals surface area contributed by atoms with Crippen LogP contribution in [-0.2, 0) is 0 Å². The summed E-state index contributed by atoms with van der Waals surface area (Å²) in [6.07, 6.45) is 0. The van der Waals surface area contributed by atoms with E-state index in [-0.39, 0.29) is 10.6 Å². The van der Waals surface area contributed by atoms with Crippen molar-refractivity contribution in [3.05, 3.63) is 52.0 Å². The highest BCUT2D eigenvalue weighted by atomic mass is 35.5. The third-order valence-corrected chi connectivity index (χ3v) is 3.34. The third kappa shape index (κ3) is 2.67. The topological polar surface area (TPSA) is 46.5 Å². The van der Waals surface area contributed by atoms with Crippen LogP contribution in [0.3, 0.4) is 0 Å². The molecule has 0 heterocycles. The summed E-state index contributed by atoms with van der Waals surface area (Å²) in [5.41, 5.74) is 1.06. The summed E-state index contributed by atoms with van der Waals surface area (Å²) in [6.45, 7) is 0. The highest BCUT2D eigenvalue weighted by molar-refractivity contribution is 6.36. The highest BCUT2D eigenvalue weighted by Crippen LogP contribution is 2.35. The summed E-state index contributed by atoms with van der Waals surface area (Å²) in [4.78, 5) is 11.3. The van der Waals surface area contributed by atoms with Gasteiger partial charge < -0.3 is 9.84 Å². The van der Waals surface area contributed by atoms with Crippen molar-refractivity contribution < 1.29 is 14.6 Å². The van der Waals surface area contributed by atoms with Gasteiger partial charge in [0.15, 0.2) is 0 Å². The minimum atomic E-state index is -1.10. The van der Waals surface area contributed by atoms with Crippen molar-refractivity contribution in [1.29, 1.82) is 0 Å². The molecule has 19 heavy (non-hydrogen) atoms. The molecule has 0 saturated heterocycles. The van der Waals surface area contributed by atoms with Crippen molar-refractivity contribution in [1.82, 2.24) is 0 Å². The Hall–Kier alpha value is -1.71. The standard InChI is InChI=1S/C14H10Cl2O3/c1-19-8-5-6-11(15)10(7-8)9-3-2-4-12(16)13(9)14(17)18/h2-7H,1H3,(H,17,18). The zero-order chi connectivity index (χ0) is 14.0. The Labute approximate surface area is 120 Å². The van der Waals surface area contributed by atoms with Crippen molar-refractivity contribution >= 4 is 29.2 Å². The molecule has 0 saturated carbocycles. The number of aromatic carboxylic acids is 1. The second-order valence-electron chi connectivity index (χ2n) is 3.81. The lowest BCUT2D eigenvalue weighted by atomic mass is 9.99. The molecule has 0 aliphatic heterocycles. The molecule has 0 unspecified atom stereocenters. The number of methoxy groups -OCH3 is 1. The van der Waals surface area contributed by atoms with Crippen LogP contribution >= 0.6 is 23.2 Å². The van der Waals surface area contributed by atoms with Gasteiger partial charge in [0.1, 0.15) is 5.75 Å². The van der Waals surface area contributed by atoms with E-state index in [0.717, 1.165) is 0 Å². The molecule has 0 bridgehead atoms. The van der Waals surface area contributed by atoms with Crippen molar-refractivity contribution in [3.8, 4) is 16.9 Å². The van der Waals surface area contributed by atoms with Crippen LogP contribution in [0.1, 0.15) is 10.4 Å². The molecule has 2 aromatic rings. The lowest BCUT2D eigenvalue weighted by Gasteiger charge is -2.11. The molecule has 1 N–H and O–H groups in total. The minimum absolute atomic E-state index is 0.0271. The number of hydrogen-bond donors (Lipinski definition) is 1. The number of hydrogen-bond acceptors (Lipinski definition) is 2. The maximum absolute atomic E-state index is 11.3. The van der Waals surface area contributed by atoms with E-state index in [1.54, 1.807) is 30.3 Å². The van der Waals surface area contributed by atoms with Gasteiger partial charge >= 0.3 is 5.97 Å². The zero-order valence-corrected chi connectivity index (χ0v) is 11.5. The number of carboxylic acids is 1. The second-order valence-corrected chi connectivity index (χ2v) is 4.63. The lowest BCUT2D eigenvalue weighted by Crippen LogP contribution is -2.01. The van der Waals surface area contributed by atoms with Crippen molar-refractivity contribution in [2.45, 2.75) is 0 Å². The number of benzene rings is 2. The van der Waals surface area contributed by atoms with Gasteiger partial charge in [-0.2, -0.15) is 0 Å². The summed E-state index contributed by atoms with van der Waals surface area (Å²) >= 11 is 12.1. The molecule has 0 amide bonds. The van der Waals surface area contributed by atoms with Gasteiger partial charge in [0.2, 0.25) is 0 Å². The maximum Gasteiger partial charge on any atom is 0.337 e. The van der Waals surface area contributed by atoms with Crippen LogP contribution in [0.25, 0.3) is 11.1 Å². The number of rotatable bonds is 3. The predicted molar refractivity (Wildman–Crippen MR) is 75.4 cm³/mol. The summed E-state index contributed by atoms with van der Waals surface area (Å²) in [5, 5.41) is 9.87. The van der Waals surface area contributed by atoms with E-state index in [1.807, 2.05) is 0 Å². The summed E-state index contributed by atoms with van der Waals surface area (Å²) < 4.78 is 5.12. The first-order valence-corrected chi connectivity index (χ1v) is 6.16. The van der Waals surface area contributed by atoms with Gasteiger partial charge in [0.25, 0.3) is 0 Å². The maximum atomic E-state index is 11.3. The van der Waals surface area contributed by atoms with Crippen LogP contribution in [0, 0.1) is 0 Å². The van der Waals surface area contributed by atoms with E-state index in [2.05, 4.69) is 0 Å². The smallest absolute Gasteiger partial charge is 0.337 e. The van der Waals surface area contributed by atoms with Crippen molar-refractivity contribution in [2.75, 3.05) is 7.11 Å². The number of halogens is 2. The van der Waals surface area contributed by atoms with Crippen LogP contribution < -0.4 is 4.74 Å². The average molecular weight is 297 g/mol. The largest absolute Gasteiger partial charge is 0.497 e. The molecule has 0 atom stereocenters. The number of carboxylic acid groups (broad SMARTS) is 1. The molecular weight excluding hydrogens is 287 g/mol. The molecule has 0 aromatic heterocycles. The number of ether oxygens (including phenoxy) is 1. The Morgan fingerprint density at radius 3 is 2.47 bits per heavy atom. The fourth-order valence-electron chi connectivity index (χ4n) is 1.80. The normalized spacial score (nSPS) is 10.3. The van der Waals surface area contributed by atoms with E-state index in [1.165, 1.54) is 13.2 Å². The first kappa shape index (κ1) is 13.7. The van der Waals surface area contributed by atoms with Gasteiger partial charge in [0.05, 0.1) is 17.7 Å². The van der Waals surface area contributed by atoms with Gasteiger partial charge in [0, 0.05) is 10.6 Å². The van der Waals surface area contributed by atoms with E-state index >= 15 is 0 Å². The Bertz CT molecular complexity index is 639. The average Bonchev–Trinajstić information content (AvgIpc) is 2.38. The Morgan fingerprint density at radius 2 is 1.84 bits per heavy atom. The Balaban J connectivity index is 2.72. The lowest BCUT2D eigenvalue weighted by molar-refractivity contribution is 0.0698. The molecule has 0 spiro atoms. The summed E-state index contributed by atoms with van der Waals surface area (Å²) in [6, 6.07) is 9.91. The monoisotopic (exact) mass is 296 g/mol. The van der Waals surface area contributed by atoms with Gasteiger partial charge in [-0.15, -0.1) is 0 Å². The van der Waals surface area contributed by atoms with Crippen molar-refractivity contribution in [3.63, 3.8) is 0 Å². The first-order valence-electron chi connectivity index (χ1n) is 5.40. The van der Waals surface area contributed by atoms with Crippen LogP contribution in [0.5, 0.6) is 5.75 Å². The van der Waals surface area contributed by atoms with Crippen LogP contribution in [0.2, 0.25) is 10.0 Å². The fraction of sp³-hybridized carbons (Fsp3) is 0.0714. The molecule has 0 fully saturated rings. The van der Waals surface area contributed by atoms with E-state index in [0.29, 0.717) is 21.9 Å². The summed E-state index contributed by atoms with van der Waals surface area (Å²) in [5.74, 6) is -0.504. The molecule has 0 radical (unpaired) electrons. The highest BCUT2D eigenvalue weighted by Gasteiger charge is 2.17. The minimum Gasteiger partial charge on any atom is -0.497 e. The molecule has 5 heteroatoms. The fourth-order valence-corrected chi connectivity index (χ4v) is 2.28. The molecule has 2 rings (SSSR count). The molecule has 98 valence electrons. The molecule has 0 aliphatic rings. The first-order chi connectivity index (χ1) is 9.04. The molecule has 3 nitrogen and oxygen atoms in total. The SMILES string of the molecule is COc1ccc(Cl)c(-c2cccc(Cl)c2C(=O)O)c1. The third-order valence-electron chi connectivity index (χ3n) is 2.69. The van der Waals surface area contributed by atoms with E-state index in [9.17, 15) is 9.90 Å². The van der Waals surface area contributed by atoms with E-state index in [4.69, 9.17) is 27.9 Å². The van der Waals surface area contributed by atoms with Crippen molar-refractivity contribution in [2.24, 2.45) is 0 Å². The molecule has 2 aromatic carbocycles.